The molecular formula is C12H19I6KN3S5V-. The molecule has 1 aromatic rings. The number of alkyl halides is 5. The first-order chi connectivity index (χ1) is 11.6. The summed E-state index contributed by atoms with van der Waals surface area (Å²) in [5.74, 6) is 0. The molecule has 1 heterocycles. The average molecular weight is 1220 g/mol. The van der Waals surface area contributed by atoms with E-state index < -0.39 is 0 Å². The second-order valence-electron chi connectivity index (χ2n) is 3.25. The molecule has 0 bridgehead atoms. The van der Waals surface area contributed by atoms with E-state index in [0.717, 1.165) is 6.94 Å². The van der Waals surface area contributed by atoms with E-state index in [4.69, 9.17) is 5.73 Å². The Bertz CT molecular complexity index is 432. The fraction of sp³-hybridized carbons (Fsp3) is 0.583. The number of hydrogen-bond acceptors (Lipinski definition) is 8. The van der Waals surface area contributed by atoms with Crippen LogP contribution in [0.2, 0.25) is 0 Å². The summed E-state index contributed by atoms with van der Waals surface area (Å²) in [5.41, 5.74) is 5.22. The molecule has 0 saturated heterocycles. The van der Waals surface area contributed by atoms with Gasteiger partial charge in [0.05, 0.1) is 1.93 Å². The third kappa shape index (κ3) is 134. The molecule has 1 aromatic heterocycles. The van der Waals surface area contributed by atoms with Crippen LogP contribution in [0.15, 0.2) is 0 Å². The molecule has 0 amide bonds. The Labute approximate surface area is 332 Å². The van der Waals surface area contributed by atoms with Crippen molar-refractivity contribution in [3.63, 3.8) is 0 Å². The van der Waals surface area contributed by atoms with E-state index in [2.05, 4.69) is 209 Å². The van der Waals surface area contributed by atoms with Crippen LogP contribution in [-0.2, 0) is 31.2 Å². The Morgan fingerprint density at radius 1 is 1.29 bits per heavy atom. The zero-order valence-corrected chi connectivity index (χ0v) is 37.4. The van der Waals surface area contributed by atoms with Crippen LogP contribution in [0.5, 0.6) is 0 Å². The monoisotopic (exact) mass is 1220 g/mol. The Hall–Kier alpha value is 6.49. The number of thiocarbonyl (C=S) groups is 3. The van der Waals surface area contributed by atoms with Gasteiger partial charge in [-0.3, -0.25) is 4.43 Å². The quantitative estimate of drug-likeness (QED) is 0.0843. The van der Waals surface area contributed by atoms with Crippen LogP contribution in [0.3, 0.4) is 0 Å². The van der Waals surface area contributed by atoms with Crippen LogP contribution in [0.1, 0.15) is 32.7 Å². The molecule has 3 nitrogen and oxygen atoms in total. The van der Waals surface area contributed by atoms with E-state index in [-0.39, 0.29) is 69.9 Å². The number of aromatic nitrogens is 2. The Balaban J connectivity index is -0.0000000385. The largest absolute Gasteiger partial charge is 1.00 e. The Morgan fingerprint density at radius 3 is 1.50 bits per heavy atom. The topological polar surface area (TPSA) is 51.8 Å². The number of aryl methyl sites for hydroxylation is 1. The molecule has 0 aliphatic heterocycles. The van der Waals surface area contributed by atoms with Crippen LogP contribution in [0.25, 0.3) is 0 Å². The van der Waals surface area contributed by atoms with Crippen molar-refractivity contribution in [2.75, 3.05) is 5.73 Å². The van der Waals surface area contributed by atoms with Crippen molar-refractivity contribution < 1.29 is 69.9 Å². The predicted molar refractivity (Wildman–Crippen MR) is 187 cm³/mol. The second kappa shape index (κ2) is 40.7. The summed E-state index contributed by atoms with van der Waals surface area (Å²) < 4.78 is 5.65. The van der Waals surface area contributed by atoms with Crippen molar-refractivity contribution in [1.29, 1.82) is 0 Å². The summed E-state index contributed by atoms with van der Waals surface area (Å²) in [6, 6.07) is 0. The third-order valence-corrected chi connectivity index (χ3v) is 1.21. The maximum Gasteiger partial charge on any atom is 1.00 e. The zero-order valence-electron chi connectivity index (χ0n) is 15.9. The van der Waals surface area contributed by atoms with Crippen LogP contribution >= 0.6 is 184 Å². The molecule has 28 heavy (non-hydrogen) atoms. The summed E-state index contributed by atoms with van der Waals surface area (Å²) in [7, 11) is 0. The van der Waals surface area contributed by atoms with E-state index in [0.29, 0.717) is 8.76 Å². The number of hydrogen-bond donors (Lipinski definition) is 1. The van der Waals surface area contributed by atoms with Gasteiger partial charge in [-0.25, -0.2) is 0 Å². The SMILES string of the molecule is CC(=S)[S-].CC(I)(I)I.CC(I)I.C[CH-]I.Cc1nnc(N)s1.S=C=S.[K+].[V]. The van der Waals surface area contributed by atoms with Crippen LogP contribution in [0, 0.1) is 11.4 Å². The van der Waals surface area contributed by atoms with Crippen LogP contribution in [0.4, 0.5) is 5.13 Å². The van der Waals surface area contributed by atoms with E-state index >= 15 is 0 Å². The van der Waals surface area contributed by atoms with Crippen molar-refractivity contribution in [2.45, 2.75) is 36.0 Å². The Morgan fingerprint density at radius 2 is 1.46 bits per heavy atom. The van der Waals surface area contributed by atoms with Crippen molar-refractivity contribution in [3.8, 4) is 0 Å². The van der Waals surface area contributed by atoms with Gasteiger partial charge in [0.2, 0.25) is 5.13 Å². The molecule has 16 heteroatoms. The molecule has 0 aliphatic rings. The fourth-order valence-electron chi connectivity index (χ4n) is 0.312. The minimum absolute atomic E-state index is 0. The second-order valence-corrected chi connectivity index (χ2v) is 26.6. The van der Waals surface area contributed by atoms with Gasteiger partial charge in [-0.15, -0.1) is 10.2 Å². The number of nitrogen functional groups attached to an aromatic ring is 1. The van der Waals surface area contributed by atoms with E-state index in [1.165, 1.54) is 11.3 Å². The molecule has 0 aliphatic carbocycles. The van der Waals surface area contributed by atoms with Crippen LogP contribution in [-0.4, -0.2) is 20.1 Å². The number of rotatable bonds is 0. The summed E-state index contributed by atoms with van der Waals surface area (Å²) in [6.07, 6.45) is 0. The smallest absolute Gasteiger partial charge is 0.433 e. The number of anilines is 1. The number of halogens is 6. The van der Waals surface area contributed by atoms with Crippen molar-refractivity contribution in [3.05, 3.63) is 9.44 Å². The number of nitrogens with zero attached hydrogens (tertiary/aromatic N) is 2. The van der Waals surface area contributed by atoms with Crippen molar-refractivity contribution in [2.24, 2.45) is 0 Å². The van der Waals surface area contributed by atoms with Gasteiger partial charge >= 0.3 is 51.4 Å². The van der Waals surface area contributed by atoms with Gasteiger partial charge in [-0.2, -0.15) is 11.1 Å². The van der Waals surface area contributed by atoms with Gasteiger partial charge in [0, 0.05) is 22.9 Å². The van der Waals surface area contributed by atoms with Gasteiger partial charge in [0.15, 0.2) is 0 Å². The molecule has 161 valence electrons. The van der Waals surface area contributed by atoms with Crippen molar-refractivity contribution in [1.82, 2.24) is 10.2 Å². The molecule has 1 radical (unpaired) electrons. The van der Waals surface area contributed by atoms with Gasteiger partial charge in [-0.05, 0) is 45.2 Å². The molecule has 1 rings (SSSR count). The molecule has 0 unspecified atom stereocenters. The molecule has 0 aromatic carbocycles. The fourth-order valence-corrected chi connectivity index (χ4v) is 0.778. The first kappa shape index (κ1) is 51.2. The van der Waals surface area contributed by atoms with Gasteiger partial charge in [0.25, 0.3) is 0 Å². The summed E-state index contributed by atoms with van der Waals surface area (Å²) in [5, 5.41) is 8.68. The predicted octanol–water partition coefficient (Wildman–Crippen LogP) is 6.10. The summed E-state index contributed by atoms with van der Waals surface area (Å²) in [6.45, 7) is 9.86. The molecule has 0 spiro atoms. The van der Waals surface area contributed by atoms with E-state index in [9.17, 15) is 0 Å². The molecule has 0 saturated carbocycles. The average Bonchev–Trinajstić information content (AvgIpc) is 2.71. The van der Waals surface area contributed by atoms with Gasteiger partial charge < -0.3 is 53.2 Å². The molecular weight excluding hydrogens is 1200 g/mol. The maximum absolute atomic E-state index is 5.22. The molecule has 2 N–H and O–H groups in total. The van der Waals surface area contributed by atoms with E-state index in [1.807, 2.05) is 22.6 Å². The molecule has 0 atom stereocenters. The van der Waals surface area contributed by atoms with Gasteiger partial charge in [0.1, 0.15) is 4.44 Å². The minimum atomic E-state index is 0. The summed E-state index contributed by atoms with van der Waals surface area (Å²) >= 11 is 31.9. The maximum atomic E-state index is 5.22. The summed E-state index contributed by atoms with van der Waals surface area (Å²) in [4.78, 5) is 0. The Kier molecular flexibility index (Phi) is 74.3. The normalized spacial score (nSPS) is 7.57. The van der Waals surface area contributed by atoms with Crippen LogP contribution < -0.4 is 57.1 Å². The minimum Gasteiger partial charge on any atom is -0.433 e. The zero-order chi connectivity index (χ0) is 22.3. The first-order valence-electron chi connectivity index (χ1n) is 6.04. The first-order valence-corrected chi connectivity index (χ1v) is 15.5. The molecule has 0 fully saturated rings. The van der Waals surface area contributed by atoms with Gasteiger partial charge in [-0.1, -0.05) is 131 Å². The standard InChI is InChI=1S/C3H5N3S.C2H3I3.C2H4I2.C2H4I.C2H4S2.CS2.K.V/c1-2-5-6-3(4)7-2;1-2(3,4)5;1-2(3)4;1-2-3;1-2(3)4;2-1-3;;/h1H3,(H2,4,6);1H3;2H,1H3;2H,1H3;1H3,(H,3,4);;;/q;;;-1;;;+1;/p-1. The van der Waals surface area contributed by atoms with E-state index in [1.54, 1.807) is 6.92 Å². The number of nitrogens with two attached hydrogens (primary N) is 1. The van der Waals surface area contributed by atoms with Crippen molar-refractivity contribution >= 4 is 210 Å². The third-order valence-electron chi connectivity index (χ3n) is 0.542.